The summed E-state index contributed by atoms with van der Waals surface area (Å²) in [6.45, 7) is 9.28. The highest BCUT2D eigenvalue weighted by Gasteiger charge is 2.34. The molecule has 3 aliphatic heterocycles. The Labute approximate surface area is 195 Å². The highest BCUT2D eigenvalue weighted by atomic mass is 19.1. The van der Waals surface area contributed by atoms with Gasteiger partial charge in [-0.3, -0.25) is 4.79 Å². The van der Waals surface area contributed by atoms with Crippen LogP contribution in [-0.4, -0.2) is 79.1 Å². The van der Waals surface area contributed by atoms with Crippen molar-refractivity contribution in [2.75, 3.05) is 46.3 Å². The lowest BCUT2D eigenvalue weighted by Crippen LogP contribution is -2.50. The first-order valence-corrected chi connectivity index (χ1v) is 12.4. The Balaban J connectivity index is 0.00000149. The highest BCUT2D eigenvalue weighted by molar-refractivity contribution is 5.79. The normalized spacial score (nSPS) is 22.1. The van der Waals surface area contributed by atoms with Crippen LogP contribution in [0.15, 0.2) is 12.1 Å². The Hall–Kier alpha value is -1.80. The van der Waals surface area contributed by atoms with Gasteiger partial charge < -0.3 is 19.4 Å². The van der Waals surface area contributed by atoms with E-state index >= 15 is 0 Å². The lowest BCUT2D eigenvalue weighted by Gasteiger charge is -2.42. The predicted octanol–water partition coefficient (Wildman–Crippen LogP) is 4.31. The fourth-order valence-corrected chi connectivity index (χ4v) is 5.13. The Morgan fingerprint density at radius 1 is 0.848 bits per heavy atom. The zero-order valence-corrected chi connectivity index (χ0v) is 20.2. The molecule has 0 unspecified atom stereocenters. The number of halogens is 3. The summed E-state index contributed by atoms with van der Waals surface area (Å²) in [5.41, 5.74) is 0. The molecule has 0 aromatic heterocycles. The first kappa shape index (κ1) is 25.8. The number of piperidine rings is 3. The molecule has 1 amide bonds. The van der Waals surface area contributed by atoms with E-state index in [2.05, 4.69) is 16.8 Å². The summed E-state index contributed by atoms with van der Waals surface area (Å²) < 4.78 is 46.2. The van der Waals surface area contributed by atoms with Crippen LogP contribution in [0.1, 0.15) is 52.4 Å². The molecule has 0 atom stereocenters. The predicted molar refractivity (Wildman–Crippen MR) is 123 cm³/mol. The number of carbonyl (C=O) groups is 1. The number of amides is 1. The van der Waals surface area contributed by atoms with Crippen LogP contribution in [0, 0.1) is 23.4 Å². The van der Waals surface area contributed by atoms with Gasteiger partial charge in [0.1, 0.15) is 11.9 Å². The van der Waals surface area contributed by atoms with Crippen LogP contribution in [0.5, 0.6) is 5.75 Å². The Morgan fingerprint density at radius 3 is 1.94 bits per heavy atom. The van der Waals surface area contributed by atoms with Gasteiger partial charge in [0, 0.05) is 50.0 Å². The number of hydrogen-bond acceptors (Lipinski definition) is 4. The van der Waals surface area contributed by atoms with E-state index in [9.17, 15) is 18.0 Å². The maximum absolute atomic E-state index is 13.8. The molecule has 1 aromatic carbocycles. The third-order valence-corrected chi connectivity index (χ3v) is 7.08. The Kier molecular flexibility index (Phi) is 9.44. The van der Waals surface area contributed by atoms with Crippen molar-refractivity contribution in [3.8, 4) is 5.75 Å². The summed E-state index contributed by atoms with van der Waals surface area (Å²) in [6.07, 6.45) is 4.84. The molecule has 3 heterocycles. The maximum Gasteiger partial charge on any atom is 0.225 e. The number of hydrogen-bond donors (Lipinski definition) is 0. The molecule has 0 radical (unpaired) electrons. The van der Waals surface area contributed by atoms with E-state index < -0.39 is 23.2 Å². The second-order valence-electron chi connectivity index (χ2n) is 9.19. The number of benzene rings is 1. The van der Waals surface area contributed by atoms with Gasteiger partial charge in [-0.15, -0.1) is 0 Å². The number of carbonyl (C=O) groups excluding carboxylic acids is 1. The third-order valence-electron chi connectivity index (χ3n) is 7.08. The number of rotatable bonds is 4. The van der Waals surface area contributed by atoms with Gasteiger partial charge in [-0.1, -0.05) is 13.8 Å². The molecule has 0 aliphatic carbocycles. The minimum Gasteiger partial charge on any atom is -0.484 e. The third kappa shape index (κ3) is 6.63. The summed E-state index contributed by atoms with van der Waals surface area (Å²) in [5, 5.41) is 0. The molecule has 5 nitrogen and oxygen atoms in total. The molecule has 186 valence electrons. The van der Waals surface area contributed by atoms with E-state index in [0.717, 1.165) is 39.0 Å². The number of nitrogens with zero attached hydrogens (tertiary/aromatic N) is 3. The number of likely N-dealkylation sites (tertiary alicyclic amines) is 3. The lowest BCUT2D eigenvalue weighted by molar-refractivity contribution is -0.139. The van der Waals surface area contributed by atoms with Crippen molar-refractivity contribution in [1.29, 1.82) is 0 Å². The van der Waals surface area contributed by atoms with Crippen LogP contribution in [0.25, 0.3) is 0 Å². The average molecular weight is 470 g/mol. The van der Waals surface area contributed by atoms with Crippen LogP contribution < -0.4 is 4.74 Å². The fourth-order valence-electron chi connectivity index (χ4n) is 5.13. The smallest absolute Gasteiger partial charge is 0.225 e. The lowest BCUT2D eigenvalue weighted by atomic mass is 9.91. The molecule has 33 heavy (non-hydrogen) atoms. The first-order chi connectivity index (χ1) is 15.9. The fraction of sp³-hybridized carbons (Fsp3) is 0.720. The molecular weight excluding hydrogens is 431 g/mol. The molecule has 0 spiro atoms. The van der Waals surface area contributed by atoms with Gasteiger partial charge in [0.15, 0.2) is 17.4 Å². The van der Waals surface area contributed by atoms with Crippen molar-refractivity contribution in [3.63, 3.8) is 0 Å². The molecule has 3 saturated heterocycles. The highest BCUT2D eigenvalue weighted by Crippen LogP contribution is 2.29. The molecule has 0 saturated carbocycles. The van der Waals surface area contributed by atoms with Crippen molar-refractivity contribution in [2.45, 2.75) is 64.5 Å². The van der Waals surface area contributed by atoms with Gasteiger partial charge in [0.05, 0.1) is 0 Å². The molecule has 0 bridgehead atoms. The standard InChI is InChI=1S/C23H32F3N3O2.C2H6/c1-27-8-4-18(5-9-27)28-10-2-16(3-11-28)23(30)29-12-6-19(7-13-29)31-22-20(25)14-17(24)15-21(22)26;1-2/h14-16,18-19H,2-13H2,1H3;1-2H3. The Morgan fingerprint density at radius 2 is 1.39 bits per heavy atom. The van der Waals surface area contributed by atoms with E-state index in [1.807, 2.05) is 18.7 Å². The van der Waals surface area contributed by atoms with Crippen LogP contribution in [-0.2, 0) is 4.79 Å². The summed E-state index contributed by atoms with van der Waals surface area (Å²) in [7, 11) is 2.17. The molecular formula is C25H38F3N3O2. The average Bonchev–Trinajstić information content (AvgIpc) is 2.83. The van der Waals surface area contributed by atoms with E-state index in [1.54, 1.807) is 0 Å². The minimum atomic E-state index is -1.03. The van der Waals surface area contributed by atoms with Gasteiger partial charge in [0.2, 0.25) is 5.91 Å². The molecule has 3 fully saturated rings. The largest absolute Gasteiger partial charge is 0.484 e. The molecule has 0 N–H and O–H groups in total. The van der Waals surface area contributed by atoms with Crippen LogP contribution in [0.2, 0.25) is 0 Å². The quantitative estimate of drug-likeness (QED) is 0.659. The summed E-state index contributed by atoms with van der Waals surface area (Å²) in [6, 6.07) is 1.89. The summed E-state index contributed by atoms with van der Waals surface area (Å²) in [4.78, 5) is 19.8. The van der Waals surface area contributed by atoms with Gasteiger partial charge in [-0.2, -0.15) is 0 Å². The zero-order chi connectivity index (χ0) is 24.0. The second kappa shape index (κ2) is 12.1. The van der Waals surface area contributed by atoms with Crippen molar-refractivity contribution in [1.82, 2.24) is 14.7 Å². The Bertz CT molecular complexity index is 747. The second-order valence-corrected chi connectivity index (χ2v) is 9.19. The van der Waals surface area contributed by atoms with Gasteiger partial charge in [-0.05, 0) is 58.9 Å². The van der Waals surface area contributed by atoms with Crippen molar-refractivity contribution in [2.24, 2.45) is 5.92 Å². The van der Waals surface area contributed by atoms with E-state index in [0.29, 0.717) is 44.1 Å². The van der Waals surface area contributed by atoms with Gasteiger partial charge >= 0.3 is 0 Å². The van der Waals surface area contributed by atoms with Gasteiger partial charge in [-0.25, -0.2) is 13.2 Å². The topological polar surface area (TPSA) is 36.0 Å². The van der Waals surface area contributed by atoms with Gasteiger partial charge in [0.25, 0.3) is 0 Å². The number of ether oxygens (including phenoxy) is 1. The summed E-state index contributed by atoms with van der Waals surface area (Å²) >= 11 is 0. The molecule has 8 heteroatoms. The zero-order valence-electron chi connectivity index (χ0n) is 20.2. The van der Waals surface area contributed by atoms with Crippen molar-refractivity contribution in [3.05, 3.63) is 29.6 Å². The molecule has 1 aromatic rings. The van der Waals surface area contributed by atoms with E-state index in [-0.39, 0.29) is 17.9 Å². The maximum atomic E-state index is 13.8. The van der Waals surface area contributed by atoms with Crippen LogP contribution in [0.3, 0.4) is 0 Å². The van der Waals surface area contributed by atoms with Crippen molar-refractivity contribution >= 4 is 5.91 Å². The molecule has 3 aliphatic rings. The van der Waals surface area contributed by atoms with E-state index in [4.69, 9.17) is 4.74 Å². The minimum absolute atomic E-state index is 0.0620. The SMILES string of the molecule is CC.CN1CCC(N2CCC(C(=O)N3CCC(Oc4c(F)cc(F)cc4F)CC3)CC2)CC1. The molecule has 4 rings (SSSR count). The van der Waals surface area contributed by atoms with Crippen LogP contribution in [0.4, 0.5) is 13.2 Å². The monoisotopic (exact) mass is 469 g/mol. The summed E-state index contributed by atoms with van der Waals surface area (Å²) in [5.74, 6) is -3.32. The van der Waals surface area contributed by atoms with E-state index in [1.165, 1.54) is 12.8 Å². The first-order valence-electron chi connectivity index (χ1n) is 12.4. The van der Waals surface area contributed by atoms with Crippen molar-refractivity contribution < 1.29 is 22.7 Å². The van der Waals surface area contributed by atoms with Crippen LogP contribution >= 0.6 is 0 Å².